The van der Waals surface area contributed by atoms with E-state index in [0.717, 1.165) is 16.5 Å². The van der Waals surface area contributed by atoms with E-state index in [-0.39, 0.29) is 12.3 Å². The summed E-state index contributed by atoms with van der Waals surface area (Å²) in [5.41, 5.74) is 7.67. The quantitative estimate of drug-likeness (QED) is 0.290. The highest BCUT2D eigenvalue weighted by atomic mass is 16.4. The first-order valence-electron chi connectivity index (χ1n) is 10.0. The molecular formula is C21H29N5O5. The highest BCUT2D eigenvalue weighted by Crippen LogP contribution is 2.19. The predicted molar refractivity (Wildman–Crippen MR) is 115 cm³/mol. The highest BCUT2D eigenvalue weighted by molar-refractivity contribution is 5.93. The largest absolute Gasteiger partial charge is 0.480 e. The summed E-state index contributed by atoms with van der Waals surface area (Å²) in [7, 11) is 0. The molecule has 2 atom stereocenters. The Kier molecular flexibility index (Phi) is 8.56. The minimum absolute atomic E-state index is 0.187. The van der Waals surface area contributed by atoms with E-state index in [1.165, 1.54) is 0 Å². The van der Waals surface area contributed by atoms with Crippen molar-refractivity contribution in [3.63, 3.8) is 0 Å². The van der Waals surface area contributed by atoms with Gasteiger partial charge >= 0.3 is 5.97 Å². The first kappa shape index (κ1) is 23.9. The number of fused-ring (bicyclic) bond motifs is 1. The van der Waals surface area contributed by atoms with Gasteiger partial charge in [-0.15, -0.1) is 0 Å². The summed E-state index contributed by atoms with van der Waals surface area (Å²) < 4.78 is 0. The molecule has 10 heteroatoms. The zero-order valence-electron chi connectivity index (χ0n) is 17.6. The Morgan fingerprint density at radius 2 is 1.77 bits per heavy atom. The van der Waals surface area contributed by atoms with Gasteiger partial charge in [-0.2, -0.15) is 0 Å². The lowest BCUT2D eigenvalue weighted by atomic mass is 10.0. The summed E-state index contributed by atoms with van der Waals surface area (Å²) in [5, 5.41) is 16.8. The molecule has 0 saturated heterocycles. The number of amides is 3. The Hall–Kier alpha value is -3.40. The smallest absolute Gasteiger partial charge is 0.322 e. The minimum atomic E-state index is -1.19. The van der Waals surface area contributed by atoms with Crippen LogP contribution in [0, 0.1) is 5.92 Å². The molecule has 0 radical (unpaired) electrons. The van der Waals surface area contributed by atoms with Gasteiger partial charge in [-0.1, -0.05) is 32.0 Å². The van der Waals surface area contributed by atoms with E-state index in [1.54, 1.807) is 6.20 Å². The SMILES string of the molecule is CC(C)CC(N)C(=O)NC(Cc1c[nH]c2ccccc12)C(=O)NCC(=O)NCC(=O)O. The van der Waals surface area contributed by atoms with Crippen LogP contribution in [0.15, 0.2) is 30.5 Å². The van der Waals surface area contributed by atoms with Crippen LogP contribution in [0.4, 0.5) is 0 Å². The average molecular weight is 431 g/mol. The number of hydrogen-bond donors (Lipinski definition) is 6. The number of aromatic nitrogens is 1. The van der Waals surface area contributed by atoms with Crippen molar-refractivity contribution in [3.8, 4) is 0 Å². The van der Waals surface area contributed by atoms with Crippen LogP contribution in [-0.4, -0.2) is 59.0 Å². The number of carboxylic acids is 1. The summed E-state index contributed by atoms with van der Waals surface area (Å²) >= 11 is 0. The van der Waals surface area contributed by atoms with Crippen molar-refractivity contribution >= 4 is 34.6 Å². The first-order valence-corrected chi connectivity index (χ1v) is 10.0. The topological polar surface area (TPSA) is 166 Å². The summed E-state index contributed by atoms with van der Waals surface area (Å²) in [5.74, 6) is -2.66. The van der Waals surface area contributed by atoms with E-state index in [4.69, 9.17) is 10.8 Å². The molecule has 31 heavy (non-hydrogen) atoms. The van der Waals surface area contributed by atoms with Crippen molar-refractivity contribution < 1.29 is 24.3 Å². The predicted octanol–water partition coefficient (Wildman–Crippen LogP) is -0.114. The molecule has 0 aliphatic heterocycles. The Morgan fingerprint density at radius 3 is 2.45 bits per heavy atom. The summed E-state index contributed by atoms with van der Waals surface area (Å²) in [4.78, 5) is 50.7. The lowest BCUT2D eigenvalue weighted by Gasteiger charge is -2.21. The molecule has 2 aromatic rings. The Labute approximate surface area is 179 Å². The molecule has 0 saturated carbocycles. The van der Waals surface area contributed by atoms with Crippen molar-refractivity contribution in [2.75, 3.05) is 13.1 Å². The van der Waals surface area contributed by atoms with Crippen LogP contribution < -0.4 is 21.7 Å². The van der Waals surface area contributed by atoms with Gasteiger partial charge in [0.1, 0.15) is 12.6 Å². The maximum Gasteiger partial charge on any atom is 0.322 e. The van der Waals surface area contributed by atoms with Gasteiger partial charge in [0.05, 0.1) is 12.6 Å². The zero-order chi connectivity index (χ0) is 23.0. The van der Waals surface area contributed by atoms with Crippen LogP contribution in [0.1, 0.15) is 25.8 Å². The Morgan fingerprint density at radius 1 is 1.06 bits per heavy atom. The van der Waals surface area contributed by atoms with Crippen LogP contribution in [0.25, 0.3) is 10.9 Å². The van der Waals surface area contributed by atoms with Gasteiger partial charge in [-0.25, -0.2) is 0 Å². The van der Waals surface area contributed by atoms with Gasteiger partial charge < -0.3 is 31.8 Å². The zero-order valence-corrected chi connectivity index (χ0v) is 17.6. The molecule has 0 fully saturated rings. The van der Waals surface area contributed by atoms with Crippen molar-refractivity contribution in [2.45, 2.75) is 38.8 Å². The van der Waals surface area contributed by atoms with Crippen molar-refractivity contribution in [1.82, 2.24) is 20.9 Å². The lowest BCUT2D eigenvalue weighted by Crippen LogP contribution is -2.53. The number of aliphatic carboxylic acids is 1. The van der Waals surface area contributed by atoms with Gasteiger partial charge in [0.15, 0.2) is 0 Å². The monoisotopic (exact) mass is 431 g/mol. The number of para-hydroxylation sites is 1. The molecule has 0 aliphatic carbocycles. The van der Waals surface area contributed by atoms with Crippen molar-refractivity contribution in [3.05, 3.63) is 36.0 Å². The Bertz CT molecular complexity index is 939. The van der Waals surface area contributed by atoms with Crippen LogP contribution in [0.5, 0.6) is 0 Å². The summed E-state index contributed by atoms with van der Waals surface area (Å²) in [6.45, 7) is 2.93. The molecule has 0 bridgehead atoms. The standard InChI is InChI=1S/C21H29N5O5/c1-12(2)7-15(22)20(30)26-17(21(31)25-10-18(27)24-11-19(28)29)8-13-9-23-16-6-4-3-5-14(13)16/h3-6,9,12,15,17,23H,7-8,10-11,22H2,1-2H3,(H,24,27)(H,25,31)(H,26,30)(H,28,29). The molecule has 1 aromatic carbocycles. The van der Waals surface area contributed by atoms with Gasteiger partial charge in [-0.3, -0.25) is 19.2 Å². The number of nitrogens with one attached hydrogen (secondary N) is 4. The van der Waals surface area contributed by atoms with Crippen LogP contribution in [-0.2, 0) is 25.6 Å². The number of carboxylic acid groups (broad SMARTS) is 1. The van der Waals surface area contributed by atoms with Gasteiger partial charge in [-0.05, 0) is 24.0 Å². The molecule has 1 aromatic heterocycles. The number of nitrogens with two attached hydrogens (primary N) is 1. The fourth-order valence-corrected chi connectivity index (χ4v) is 3.15. The van der Waals surface area contributed by atoms with E-state index in [2.05, 4.69) is 20.9 Å². The fraction of sp³-hybridized carbons (Fsp3) is 0.429. The molecule has 2 unspecified atom stereocenters. The Balaban J connectivity index is 2.11. The normalized spacial score (nSPS) is 12.9. The summed E-state index contributed by atoms with van der Waals surface area (Å²) in [6.07, 6.45) is 2.42. The maximum absolute atomic E-state index is 12.8. The van der Waals surface area contributed by atoms with Crippen molar-refractivity contribution in [2.24, 2.45) is 11.7 Å². The van der Waals surface area contributed by atoms with Crippen LogP contribution in [0.2, 0.25) is 0 Å². The number of H-pyrrole nitrogens is 1. The number of hydrogen-bond acceptors (Lipinski definition) is 5. The number of aromatic amines is 1. The molecule has 7 N–H and O–H groups in total. The lowest BCUT2D eigenvalue weighted by molar-refractivity contribution is -0.138. The fourth-order valence-electron chi connectivity index (χ4n) is 3.15. The second-order valence-corrected chi connectivity index (χ2v) is 7.75. The van der Waals surface area contributed by atoms with E-state index < -0.39 is 48.9 Å². The molecule has 168 valence electrons. The van der Waals surface area contributed by atoms with Crippen molar-refractivity contribution in [1.29, 1.82) is 0 Å². The maximum atomic E-state index is 12.8. The number of carbonyl (C=O) groups excluding carboxylic acids is 3. The second-order valence-electron chi connectivity index (χ2n) is 7.75. The minimum Gasteiger partial charge on any atom is -0.480 e. The van der Waals surface area contributed by atoms with Crippen LogP contribution in [0.3, 0.4) is 0 Å². The van der Waals surface area contributed by atoms with E-state index >= 15 is 0 Å². The van der Waals surface area contributed by atoms with Gasteiger partial charge in [0, 0.05) is 23.5 Å². The summed E-state index contributed by atoms with van der Waals surface area (Å²) in [6, 6.07) is 5.84. The third-order valence-electron chi connectivity index (χ3n) is 4.65. The molecule has 1 heterocycles. The van der Waals surface area contributed by atoms with Gasteiger partial charge in [0.2, 0.25) is 17.7 Å². The highest BCUT2D eigenvalue weighted by Gasteiger charge is 2.25. The molecular weight excluding hydrogens is 402 g/mol. The molecule has 0 spiro atoms. The van der Waals surface area contributed by atoms with E-state index in [0.29, 0.717) is 6.42 Å². The molecule has 10 nitrogen and oxygen atoms in total. The third kappa shape index (κ3) is 7.41. The number of benzene rings is 1. The number of rotatable bonds is 11. The van der Waals surface area contributed by atoms with E-state index in [1.807, 2.05) is 38.1 Å². The number of carbonyl (C=O) groups is 4. The average Bonchev–Trinajstić information content (AvgIpc) is 3.12. The second kappa shape index (κ2) is 11.1. The van der Waals surface area contributed by atoms with E-state index in [9.17, 15) is 19.2 Å². The molecule has 2 rings (SSSR count). The molecule has 3 amide bonds. The van der Waals surface area contributed by atoms with Gasteiger partial charge in [0.25, 0.3) is 0 Å². The first-order chi connectivity index (χ1) is 14.7. The third-order valence-corrected chi connectivity index (χ3v) is 4.65. The van der Waals surface area contributed by atoms with Crippen LogP contribution >= 0.6 is 0 Å². The molecule has 0 aliphatic rings.